The van der Waals surface area contributed by atoms with Crippen molar-refractivity contribution in [2.45, 2.75) is 45.4 Å². The molecule has 0 aliphatic heterocycles. The molecule has 0 spiro atoms. The van der Waals surface area contributed by atoms with Gasteiger partial charge in [0.25, 0.3) is 0 Å². The Labute approximate surface area is 94.9 Å². The first-order chi connectivity index (χ1) is 7.15. The SMILES string of the molecule is CC(C)(C)c1cnnc(C(C)(C)C(=O)O)n1. The Morgan fingerprint density at radius 3 is 2.25 bits per heavy atom. The van der Waals surface area contributed by atoms with Crippen LogP contribution in [0.15, 0.2) is 6.20 Å². The van der Waals surface area contributed by atoms with Crippen molar-refractivity contribution in [3.8, 4) is 0 Å². The Bertz CT molecular complexity index is 408. The predicted molar refractivity (Wildman–Crippen MR) is 59.2 cm³/mol. The quantitative estimate of drug-likeness (QED) is 0.822. The number of rotatable bonds is 2. The molecule has 0 aromatic carbocycles. The second kappa shape index (κ2) is 3.81. The molecule has 88 valence electrons. The van der Waals surface area contributed by atoms with Crippen LogP contribution >= 0.6 is 0 Å². The van der Waals surface area contributed by atoms with Gasteiger partial charge in [0, 0.05) is 5.41 Å². The van der Waals surface area contributed by atoms with Crippen molar-refractivity contribution in [2.75, 3.05) is 0 Å². The molecule has 0 unspecified atom stereocenters. The molecule has 0 saturated heterocycles. The molecule has 0 aliphatic rings. The lowest BCUT2D eigenvalue weighted by molar-refractivity contribution is -0.142. The average Bonchev–Trinajstić information content (AvgIpc) is 2.16. The Kier molecular flexibility index (Phi) is 2.99. The normalized spacial score (nSPS) is 12.6. The Balaban J connectivity index is 3.23. The molecular formula is C11H17N3O2. The van der Waals surface area contributed by atoms with Crippen molar-refractivity contribution < 1.29 is 9.90 Å². The molecule has 0 saturated carbocycles. The van der Waals surface area contributed by atoms with Crippen LogP contribution in [0.5, 0.6) is 0 Å². The summed E-state index contributed by atoms with van der Waals surface area (Å²) >= 11 is 0. The number of carboxylic acids is 1. The van der Waals surface area contributed by atoms with E-state index in [0.717, 1.165) is 5.69 Å². The number of hydrogen-bond acceptors (Lipinski definition) is 4. The number of aliphatic carboxylic acids is 1. The van der Waals surface area contributed by atoms with Gasteiger partial charge in [0.2, 0.25) is 0 Å². The highest BCUT2D eigenvalue weighted by atomic mass is 16.4. The highest BCUT2D eigenvalue weighted by Crippen LogP contribution is 2.23. The maximum Gasteiger partial charge on any atom is 0.316 e. The molecule has 1 aromatic rings. The van der Waals surface area contributed by atoms with Crippen LogP contribution in [0, 0.1) is 0 Å². The van der Waals surface area contributed by atoms with Crippen molar-refractivity contribution in [1.29, 1.82) is 0 Å². The third kappa shape index (κ3) is 2.35. The molecule has 1 rings (SSSR count). The van der Waals surface area contributed by atoms with Crippen molar-refractivity contribution in [3.63, 3.8) is 0 Å². The van der Waals surface area contributed by atoms with Gasteiger partial charge in [0.05, 0.1) is 11.9 Å². The summed E-state index contributed by atoms with van der Waals surface area (Å²) in [4.78, 5) is 15.4. The van der Waals surface area contributed by atoms with Crippen LogP contribution in [-0.4, -0.2) is 26.3 Å². The van der Waals surface area contributed by atoms with Gasteiger partial charge in [-0.1, -0.05) is 20.8 Å². The van der Waals surface area contributed by atoms with Gasteiger partial charge in [0.1, 0.15) is 5.41 Å². The summed E-state index contributed by atoms with van der Waals surface area (Å²) in [5.41, 5.74) is -0.542. The molecule has 1 heterocycles. The lowest BCUT2D eigenvalue weighted by Crippen LogP contribution is -2.32. The van der Waals surface area contributed by atoms with Gasteiger partial charge in [0.15, 0.2) is 5.82 Å². The molecule has 0 bridgehead atoms. The van der Waals surface area contributed by atoms with Crippen LogP contribution in [-0.2, 0) is 15.6 Å². The number of hydrogen-bond donors (Lipinski definition) is 1. The molecule has 16 heavy (non-hydrogen) atoms. The Morgan fingerprint density at radius 2 is 1.81 bits per heavy atom. The van der Waals surface area contributed by atoms with E-state index in [9.17, 15) is 4.79 Å². The minimum absolute atomic E-state index is 0.167. The van der Waals surface area contributed by atoms with Crippen molar-refractivity contribution in [3.05, 3.63) is 17.7 Å². The van der Waals surface area contributed by atoms with Gasteiger partial charge < -0.3 is 5.11 Å². The molecule has 0 radical (unpaired) electrons. The maximum atomic E-state index is 11.1. The van der Waals surface area contributed by atoms with Crippen molar-refractivity contribution in [1.82, 2.24) is 15.2 Å². The van der Waals surface area contributed by atoms with E-state index in [4.69, 9.17) is 5.11 Å². The van der Waals surface area contributed by atoms with E-state index in [1.54, 1.807) is 20.0 Å². The third-order valence-electron chi connectivity index (χ3n) is 2.42. The summed E-state index contributed by atoms with van der Waals surface area (Å²) in [6.45, 7) is 9.12. The summed E-state index contributed by atoms with van der Waals surface area (Å²) < 4.78 is 0. The smallest absolute Gasteiger partial charge is 0.316 e. The Hall–Kier alpha value is -1.52. The van der Waals surface area contributed by atoms with E-state index in [1.165, 1.54) is 0 Å². The van der Waals surface area contributed by atoms with Crippen LogP contribution in [0.1, 0.15) is 46.1 Å². The van der Waals surface area contributed by atoms with Gasteiger partial charge in [-0.25, -0.2) is 4.98 Å². The topological polar surface area (TPSA) is 76.0 Å². The number of aromatic nitrogens is 3. The second-order valence-electron chi connectivity index (χ2n) is 5.35. The first-order valence-electron chi connectivity index (χ1n) is 5.10. The highest BCUT2D eigenvalue weighted by Gasteiger charge is 2.34. The lowest BCUT2D eigenvalue weighted by atomic mass is 9.90. The van der Waals surface area contributed by atoms with Crippen LogP contribution in [0.4, 0.5) is 0 Å². The standard InChI is InChI=1S/C11H17N3O2/c1-10(2,3)7-6-12-14-8(13-7)11(4,5)9(15)16/h6H,1-5H3,(H,15,16). The average molecular weight is 223 g/mol. The largest absolute Gasteiger partial charge is 0.481 e. The van der Waals surface area contributed by atoms with Crippen molar-refractivity contribution in [2.24, 2.45) is 0 Å². The van der Waals surface area contributed by atoms with Gasteiger partial charge in [-0.15, -0.1) is 5.10 Å². The summed E-state index contributed by atoms with van der Waals surface area (Å²) in [6, 6.07) is 0. The summed E-state index contributed by atoms with van der Waals surface area (Å²) in [5, 5.41) is 16.7. The van der Waals surface area contributed by atoms with Gasteiger partial charge in [-0.05, 0) is 13.8 Å². The van der Waals surface area contributed by atoms with E-state index in [2.05, 4.69) is 15.2 Å². The molecule has 5 nitrogen and oxygen atoms in total. The fourth-order valence-corrected chi connectivity index (χ4v) is 1.03. The molecule has 0 fully saturated rings. The van der Waals surface area contributed by atoms with E-state index in [1.807, 2.05) is 20.8 Å². The van der Waals surface area contributed by atoms with E-state index >= 15 is 0 Å². The zero-order valence-electron chi connectivity index (χ0n) is 10.3. The zero-order chi connectivity index (χ0) is 12.6. The third-order valence-corrected chi connectivity index (χ3v) is 2.42. The van der Waals surface area contributed by atoms with Crippen molar-refractivity contribution >= 4 is 5.97 Å². The van der Waals surface area contributed by atoms with Crippen LogP contribution in [0.2, 0.25) is 0 Å². The van der Waals surface area contributed by atoms with E-state index in [-0.39, 0.29) is 11.2 Å². The zero-order valence-corrected chi connectivity index (χ0v) is 10.3. The summed E-state index contributed by atoms with van der Waals surface area (Å²) in [6.07, 6.45) is 1.57. The van der Waals surface area contributed by atoms with Crippen LogP contribution in [0.3, 0.4) is 0 Å². The van der Waals surface area contributed by atoms with E-state index in [0.29, 0.717) is 0 Å². The van der Waals surface area contributed by atoms with Gasteiger partial charge in [-0.2, -0.15) is 5.10 Å². The maximum absolute atomic E-state index is 11.1. The Morgan fingerprint density at radius 1 is 1.25 bits per heavy atom. The molecular weight excluding hydrogens is 206 g/mol. The molecule has 0 aliphatic carbocycles. The molecule has 0 atom stereocenters. The first kappa shape index (κ1) is 12.5. The van der Waals surface area contributed by atoms with Crippen LogP contribution < -0.4 is 0 Å². The number of carbonyl (C=O) groups is 1. The minimum Gasteiger partial charge on any atom is -0.481 e. The number of carboxylic acid groups (broad SMARTS) is 1. The fourth-order valence-electron chi connectivity index (χ4n) is 1.03. The second-order valence-corrected chi connectivity index (χ2v) is 5.35. The first-order valence-corrected chi connectivity index (χ1v) is 5.10. The number of nitrogens with zero attached hydrogens (tertiary/aromatic N) is 3. The highest BCUT2D eigenvalue weighted by molar-refractivity contribution is 5.78. The summed E-state index contributed by atoms with van der Waals surface area (Å²) in [5.74, 6) is -0.715. The summed E-state index contributed by atoms with van der Waals surface area (Å²) in [7, 11) is 0. The minimum atomic E-state index is -1.12. The molecule has 5 heteroatoms. The molecule has 1 N–H and O–H groups in total. The fraction of sp³-hybridized carbons (Fsp3) is 0.636. The monoisotopic (exact) mass is 223 g/mol. The molecule has 0 amide bonds. The van der Waals surface area contributed by atoms with E-state index < -0.39 is 11.4 Å². The van der Waals surface area contributed by atoms with Gasteiger partial charge >= 0.3 is 5.97 Å². The van der Waals surface area contributed by atoms with Gasteiger partial charge in [-0.3, -0.25) is 4.79 Å². The molecule has 1 aromatic heterocycles. The lowest BCUT2D eigenvalue weighted by Gasteiger charge is -2.21. The van der Waals surface area contributed by atoms with Crippen LogP contribution in [0.25, 0.3) is 0 Å². The predicted octanol–water partition coefficient (Wildman–Crippen LogP) is 1.53.